The third-order valence-corrected chi connectivity index (χ3v) is 6.33. The summed E-state index contributed by atoms with van der Waals surface area (Å²) in [6.45, 7) is 1.97. The van der Waals surface area contributed by atoms with Gasteiger partial charge >= 0.3 is 11.8 Å². The second-order valence-corrected chi connectivity index (χ2v) is 8.90. The monoisotopic (exact) mass is 526 g/mol. The van der Waals surface area contributed by atoms with Gasteiger partial charge in [0.15, 0.2) is 11.7 Å². The number of aromatic nitrogens is 1. The molecule has 0 radical (unpaired) electrons. The summed E-state index contributed by atoms with van der Waals surface area (Å²) >= 11 is 0. The maximum Gasteiger partial charge on any atom is 0.419 e. The highest BCUT2D eigenvalue weighted by atomic mass is 19.1. The number of carboxylic acid groups (broad SMARTS) is 1. The summed E-state index contributed by atoms with van der Waals surface area (Å²) < 4.78 is 32.5. The van der Waals surface area contributed by atoms with E-state index in [0.29, 0.717) is 28.8 Å². The zero-order valence-corrected chi connectivity index (χ0v) is 20.8. The molecular weight excluding hydrogens is 499 g/mol. The van der Waals surface area contributed by atoms with E-state index in [9.17, 15) is 24.8 Å². The molecule has 12 heteroatoms. The molecule has 0 saturated carbocycles. The maximum absolute atomic E-state index is 15.0. The molecule has 1 fully saturated rings. The van der Waals surface area contributed by atoms with Crippen LogP contribution in [0.4, 0.5) is 9.18 Å². The number of benzene rings is 2. The van der Waals surface area contributed by atoms with Crippen LogP contribution in [0.5, 0.6) is 0 Å². The Labute approximate surface area is 217 Å². The molecule has 4 rings (SSSR count). The van der Waals surface area contributed by atoms with Crippen molar-refractivity contribution in [2.45, 2.75) is 31.6 Å². The molecule has 2 aromatic carbocycles. The van der Waals surface area contributed by atoms with Gasteiger partial charge in [0, 0.05) is 20.1 Å². The van der Waals surface area contributed by atoms with E-state index in [4.69, 9.17) is 13.9 Å². The van der Waals surface area contributed by atoms with Gasteiger partial charge in [-0.15, -0.1) is 0 Å². The average molecular weight is 527 g/mol. The number of halogens is 1. The van der Waals surface area contributed by atoms with E-state index in [1.807, 2.05) is 6.07 Å². The van der Waals surface area contributed by atoms with Crippen molar-refractivity contribution in [1.82, 2.24) is 14.8 Å². The van der Waals surface area contributed by atoms with Crippen LogP contribution in [0.2, 0.25) is 0 Å². The van der Waals surface area contributed by atoms with Crippen LogP contribution < -0.4 is 11.1 Å². The molecule has 1 saturated heterocycles. The van der Waals surface area contributed by atoms with Crippen molar-refractivity contribution in [3.8, 4) is 17.2 Å². The zero-order chi connectivity index (χ0) is 27.4. The fourth-order valence-corrected chi connectivity index (χ4v) is 4.31. The first-order chi connectivity index (χ1) is 18.2. The number of aryl methyl sites for hydroxylation is 1. The number of nitrogens with zero attached hydrogens (tertiary/aromatic N) is 3. The number of hydrogen-bond acceptors (Lipinski definition) is 7. The number of amides is 2. The van der Waals surface area contributed by atoms with Crippen molar-refractivity contribution >= 4 is 23.1 Å². The van der Waals surface area contributed by atoms with Gasteiger partial charge in [0.25, 0.3) is 5.91 Å². The lowest BCUT2D eigenvalue weighted by Crippen LogP contribution is -2.47. The lowest BCUT2D eigenvalue weighted by Gasteiger charge is -2.22. The molecule has 1 unspecified atom stereocenters. The Kier molecular flexibility index (Phi) is 8.09. The number of hydrogen-bond donors (Lipinski definition) is 2. The van der Waals surface area contributed by atoms with Gasteiger partial charge in [-0.3, -0.25) is 9.36 Å². The van der Waals surface area contributed by atoms with E-state index in [2.05, 4.69) is 5.32 Å². The Hall–Kier alpha value is -4.21. The van der Waals surface area contributed by atoms with Crippen LogP contribution in [0.3, 0.4) is 0 Å². The summed E-state index contributed by atoms with van der Waals surface area (Å²) in [5.74, 6) is -1.74. The van der Waals surface area contributed by atoms with Crippen LogP contribution in [0.1, 0.15) is 12.5 Å². The van der Waals surface area contributed by atoms with Crippen molar-refractivity contribution in [3.05, 3.63) is 58.3 Å². The van der Waals surface area contributed by atoms with Gasteiger partial charge in [0.2, 0.25) is 0 Å². The molecular formula is C26H27FN4O7. The van der Waals surface area contributed by atoms with Gasteiger partial charge in [-0.05, 0) is 41.8 Å². The first-order valence-electron chi connectivity index (χ1n) is 12.0. The fraction of sp³-hybridized carbons (Fsp3) is 0.385. The van der Waals surface area contributed by atoms with Gasteiger partial charge in [-0.2, -0.15) is 5.26 Å². The number of carbonyl (C=O) groups is 2. The smallest absolute Gasteiger partial charge is 0.419 e. The number of carbonyl (C=O) groups excluding carboxylic acids is 1. The Morgan fingerprint density at radius 2 is 2.00 bits per heavy atom. The lowest BCUT2D eigenvalue weighted by atomic mass is 10.00. The molecule has 0 bridgehead atoms. The second kappa shape index (κ2) is 11.5. The highest BCUT2D eigenvalue weighted by molar-refractivity contribution is 5.82. The predicted molar refractivity (Wildman–Crippen MR) is 133 cm³/mol. The third-order valence-electron chi connectivity index (χ3n) is 6.33. The fourth-order valence-electron chi connectivity index (χ4n) is 4.31. The normalized spacial score (nSPS) is 18.5. The number of nitrogens with one attached hydrogen (secondary N) is 1. The molecule has 0 spiro atoms. The van der Waals surface area contributed by atoms with E-state index >= 15 is 4.39 Å². The summed E-state index contributed by atoms with van der Waals surface area (Å²) in [6, 6.07) is 10.5. The van der Waals surface area contributed by atoms with E-state index in [1.165, 1.54) is 16.7 Å². The topological polar surface area (TPSA) is 147 Å². The minimum Gasteiger partial charge on any atom is -0.465 e. The molecule has 11 nitrogen and oxygen atoms in total. The minimum absolute atomic E-state index is 0.0157. The Morgan fingerprint density at radius 1 is 1.26 bits per heavy atom. The van der Waals surface area contributed by atoms with Gasteiger partial charge in [-0.1, -0.05) is 18.2 Å². The summed E-state index contributed by atoms with van der Waals surface area (Å²) in [7, 11) is 1.58. The Balaban J connectivity index is 1.45. The molecule has 1 aliphatic rings. The van der Waals surface area contributed by atoms with Crippen LogP contribution in [0.15, 0.2) is 45.6 Å². The molecule has 38 heavy (non-hydrogen) atoms. The first-order valence-corrected chi connectivity index (χ1v) is 12.0. The minimum atomic E-state index is -1.22. The summed E-state index contributed by atoms with van der Waals surface area (Å²) in [5, 5.41) is 21.6. The van der Waals surface area contributed by atoms with Crippen molar-refractivity contribution in [2.24, 2.45) is 7.05 Å². The molecule has 3 aromatic rings. The van der Waals surface area contributed by atoms with Crippen molar-refractivity contribution in [1.29, 1.82) is 5.26 Å². The summed E-state index contributed by atoms with van der Waals surface area (Å²) in [4.78, 5) is 37.2. The second-order valence-electron chi connectivity index (χ2n) is 8.90. The Bertz CT molecular complexity index is 1440. The first kappa shape index (κ1) is 26.8. The zero-order valence-electron chi connectivity index (χ0n) is 20.8. The molecule has 0 aliphatic carbocycles. The molecule has 1 aromatic heterocycles. The van der Waals surface area contributed by atoms with Crippen LogP contribution in [0.25, 0.3) is 22.2 Å². The maximum atomic E-state index is 15.0. The van der Waals surface area contributed by atoms with E-state index in [0.717, 1.165) is 4.90 Å². The molecule has 2 heterocycles. The van der Waals surface area contributed by atoms with Crippen molar-refractivity contribution < 1.29 is 33.0 Å². The number of nitriles is 1. The average Bonchev–Trinajstić information content (AvgIpc) is 3.04. The highest BCUT2D eigenvalue weighted by Crippen LogP contribution is 2.26. The predicted octanol–water partition coefficient (Wildman–Crippen LogP) is 2.27. The molecule has 2 amide bonds. The van der Waals surface area contributed by atoms with Gasteiger partial charge in [0.05, 0.1) is 37.4 Å². The molecule has 3 atom stereocenters. The lowest BCUT2D eigenvalue weighted by molar-refractivity contribution is -0.134. The number of rotatable bonds is 7. The van der Waals surface area contributed by atoms with Crippen molar-refractivity contribution in [2.75, 3.05) is 26.3 Å². The van der Waals surface area contributed by atoms with Gasteiger partial charge in [-0.25, -0.2) is 14.0 Å². The van der Waals surface area contributed by atoms with Crippen LogP contribution in [-0.4, -0.2) is 71.1 Å². The van der Waals surface area contributed by atoms with E-state index in [1.54, 1.807) is 38.2 Å². The largest absolute Gasteiger partial charge is 0.465 e. The summed E-state index contributed by atoms with van der Waals surface area (Å²) in [6.07, 6.45) is -2.99. The molecule has 2 N–H and O–H groups in total. The number of ether oxygens (including phenoxy) is 2. The van der Waals surface area contributed by atoms with Crippen molar-refractivity contribution in [3.63, 3.8) is 0 Å². The molecule has 200 valence electrons. The van der Waals surface area contributed by atoms with Gasteiger partial charge in [0.1, 0.15) is 11.9 Å². The van der Waals surface area contributed by atoms with Crippen LogP contribution >= 0.6 is 0 Å². The Morgan fingerprint density at radius 3 is 2.68 bits per heavy atom. The number of fused-ring (bicyclic) bond motifs is 1. The van der Waals surface area contributed by atoms with E-state index < -0.39 is 41.8 Å². The van der Waals surface area contributed by atoms with Crippen LogP contribution in [0, 0.1) is 17.1 Å². The summed E-state index contributed by atoms with van der Waals surface area (Å²) in [5.41, 5.74) is 2.43. The van der Waals surface area contributed by atoms with Gasteiger partial charge < -0.3 is 29.2 Å². The van der Waals surface area contributed by atoms with E-state index in [-0.39, 0.29) is 31.7 Å². The SMILES string of the molecule is CCO[C@H]1CO[C@H](C(=O)NC(C#N)Cc2ccc(-c3ccc4oc(=O)n(C)c4c3)cc2F)CN(C(=O)O)C1. The standard InChI is InChI=1S/C26H27FN4O7/c1-3-36-19-12-31(25(33)34)13-23(37-14-19)24(32)29-18(11-28)8-17-5-4-15(9-20(17)27)16-6-7-22-21(10-16)30(2)26(35)38-22/h4-7,9-10,18-19,23H,3,8,12-14H2,1-2H3,(H,29,32)(H,33,34)/t18?,19-,23+/m1/s1. The number of oxazole rings is 1. The quantitative estimate of drug-likeness (QED) is 0.477. The highest BCUT2D eigenvalue weighted by Gasteiger charge is 2.32. The third kappa shape index (κ3) is 5.85. The molecule has 1 aliphatic heterocycles. The van der Waals surface area contributed by atoms with Crippen LogP contribution in [-0.2, 0) is 27.7 Å².